The number of ether oxygens (including phenoxy) is 2. The summed E-state index contributed by atoms with van der Waals surface area (Å²) in [4.78, 5) is 11.4. The average Bonchev–Trinajstić information content (AvgIpc) is 2.44. The fraction of sp³-hybridized carbons (Fsp3) is 0.632. The van der Waals surface area contributed by atoms with Crippen molar-refractivity contribution in [3.05, 3.63) is 35.9 Å². The maximum absolute atomic E-state index is 11.4. The van der Waals surface area contributed by atoms with Crippen molar-refractivity contribution in [3.63, 3.8) is 0 Å². The van der Waals surface area contributed by atoms with Crippen LogP contribution in [0.15, 0.2) is 30.3 Å². The monoisotopic (exact) mass is 304 g/mol. The summed E-state index contributed by atoms with van der Waals surface area (Å²) in [5, 5.41) is 0. The summed E-state index contributed by atoms with van der Waals surface area (Å²) in [5.74, 6) is 0.182. The van der Waals surface area contributed by atoms with E-state index in [1.165, 1.54) is 5.56 Å². The van der Waals surface area contributed by atoms with Gasteiger partial charge in [0.1, 0.15) is 5.78 Å². The Bertz CT molecular complexity index is 475. The van der Waals surface area contributed by atoms with E-state index in [1.807, 2.05) is 6.07 Å². The van der Waals surface area contributed by atoms with Crippen LogP contribution in [0.4, 0.5) is 0 Å². The van der Waals surface area contributed by atoms with Crippen LogP contribution in [-0.4, -0.2) is 24.3 Å². The average molecular weight is 304 g/mol. The summed E-state index contributed by atoms with van der Waals surface area (Å²) in [6.45, 7) is 7.97. The highest BCUT2D eigenvalue weighted by molar-refractivity contribution is 5.75. The Balaban J connectivity index is 1.97. The number of carbonyl (C=O) groups is 1. The van der Waals surface area contributed by atoms with E-state index in [9.17, 15) is 4.79 Å². The summed E-state index contributed by atoms with van der Waals surface area (Å²) < 4.78 is 12.2. The van der Waals surface area contributed by atoms with Crippen molar-refractivity contribution < 1.29 is 14.3 Å². The lowest BCUT2D eigenvalue weighted by molar-refractivity contribution is -0.279. The van der Waals surface area contributed by atoms with E-state index >= 15 is 0 Å². The highest BCUT2D eigenvalue weighted by atomic mass is 16.7. The van der Waals surface area contributed by atoms with Gasteiger partial charge < -0.3 is 9.47 Å². The minimum Gasteiger partial charge on any atom is -0.349 e. The molecule has 1 fully saturated rings. The van der Waals surface area contributed by atoms with Gasteiger partial charge in [-0.25, -0.2) is 0 Å². The third kappa shape index (κ3) is 5.22. The lowest BCUT2D eigenvalue weighted by Crippen LogP contribution is -2.45. The van der Waals surface area contributed by atoms with Gasteiger partial charge in [0, 0.05) is 18.3 Å². The van der Waals surface area contributed by atoms with Gasteiger partial charge >= 0.3 is 0 Å². The highest BCUT2D eigenvalue weighted by Gasteiger charge is 2.37. The molecule has 0 amide bonds. The van der Waals surface area contributed by atoms with Crippen LogP contribution >= 0.6 is 0 Å². The number of hydrogen-bond donors (Lipinski definition) is 0. The number of aryl methyl sites for hydroxylation is 1. The smallest absolute Gasteiger partial charge is 0.163 e. The van der Waals surface area contributed by atoms with Gasteiger partial charge in [-0.05, 0) is 25.3 Å². The number of hydrogen-bond acceptors (Lipinski definition) is 3. The quantitative estimate of drug-likeness (QED) is 0.820. The van der Waals surface area contributed by atoms with Gasteiger partial charge in [-0.1, -0.05) is 51.1 Å². The first-order valence-corrected chi connectivity index (χ1v) is 8.19. The zero-order chi connectivity index (χ0) is 16.2. The molecule has 22 heavy (non-hydrogen) atoms. The molecule has 3 heteroatoms. The van der Waals surface area contributed by atoms with Crippen LogP contribution in [0, 0.1) is 5.41 Å². The van der Waals surface area contributed by atoms with Crippen molar-refractivity contribution in [2.24, 2.45) is 5.41 Å². The zero-order valence-electron chi connectivity index (χ0n) is 14.2. The van der Waals surface area contributed by atoms with Gasteiger partial charge in [0.05, 0.1) is 12.2 Å². The number of ketones is 1. The number of benzene rings is 1. The number of carbonyl (C=O) groups excluding carboxylic acids is 1. The molecule has 122 valence electrons. The molecule has 0 saturated carbocycles. The standard InChI is InChI=1S/C19H28O3/c1-14(20)12-17-13-16(21-18(22-17)19(2,3)4)11-10-15-8-6-5-7-9-15/h5-9,16-18H,10-13H2,1-4H3/t16-,17+,18-/m0/s1. The molecule has 0 spiro atoms. The summed E-state index contributed by atoms with van der Waals surface area (Å²) in [6, 6.07) is 10.5. The SMILES string of the molecule is CC(=O)C[C@@H]1C[C@H](CCc2ccccc2)O[C@H](C(C)(C)C)O1. The largest absolute Gasteiger partial charge is 0.349 e. The highest BCUT2D eigenvalue weighted by Crippen LogP contribution is 2.33. The van der Waals surface area contributed by atoms with Crippen molar-refractivity contribution >= 4 is 5.78 Å². The fourth-order valence-corrected chi connectivity index (χ4v) is 2.80. The molecule has 1 aliphatic heterocycles. The predicted octanol–water partition coefficient (Wildman–Crippen LogP) is 4.14. The Labute approximate surface area is 134 Å². The third-order valence-electron chi connectivity index (χ3n) is 3.98. The molecule has 0 bridgehead atoms. The zero-order valence-corrected chi connectivity index (χ0v) is 14.2. The van der Waals surface area contributed by atoms with E-state index in [0.717, 1.165) is 19.3 Å². The van der Waals surface area contributed by atoms with Crippen molar-refractivity contribution in [1.82, 2.24) is 0 Å². The second-order valence-corrected chi connectivity index (χ2v) is 7.38. The minimum absolute atomic E-state index is 0.0174. The molecule has 3 atom stereocenters. The fourth-order valence-electron chi connectivity index (χ4n) is 2.80. The lowest BCUT2D eigenvalue weighted by Gasteiger charge is -2.41. The lowest BCUT2D eigenvalue weighted by atomic mass is 9.92. The van der Waals surface area contributed by atoms with E-state index in [1.54, 1.807) is 6.92 Å². The van der Waals surface area contributed by atoms with Crippen molar-refractivity contribution in [3.8, 4) is 0 Å². The summed E-state index contributed by atoms with van der Waals surface area (Å²) in [7, 11) is 0. The van der Waals surface area contributed by atoms with Crippen molar-refractivity contribution in [2.45, 2.75) is 71.9 Å². The number of Topliss-reactive ketones (excluding diaryl/α,β-unsaturated/α-hetero) is 1. The first-order chi connectivity index (χ1) is 10.3. The molecular weight excluding hydrogens is 276 g/mol. The molecule has 1 heterocycles. The molecule has 1 aromatic carbocycles. The van der Waals surface area contributed by atoms with Crippen LogP contribution in [-0.2, 0) is 20.7 Å². The van der Waals surface area contributed by atoms with Crippen LogP contribution in [0.25, 0.3) is 0 Å². The Morgan fingerprint density at radius 3 is 2.36 bits per heavy atom. The molecule has 0 radical (unpaired) electrons. The summed E-state index contributed by atoms with van der Waals surface area (Å²) in [5.41, 5.74) is 1.24. The molecule has 0 N–H and O–H groups in total. The summed E-state index contributed by atoms with van der Waals surface area (Å²) >= 11 is 0. The topological polar surface area (TPSA) is 35.5 Å². The predicted molar refractivity (Wildman–Crippen MR) is 87.7 cm³/mol. The molecule has 1 aromatic rings. The van der Waals surface area contributed by atoms with E-state index in [-0.39, 0.29) is 29.7 Å². The number of rotatable bonds is 5. The Kier molecular flexibility index (Phi) is 5.76. The van der Waals surface area contributed by atoms with E-state index in [4.69, 9.17) is 9.47 Å². The first-order valence-electron chi connectivity index (χ1n) is 8.19. The molecule has 1 saturated heterocycles. The Hall–Kier alpha value is -1.19. The maximum atomic E-state index is 11.4. The van der Waals surface area contributed by atoms with Crippen molar-refractivity contribution in [2.75, 3.05) is 0 Å². The summed E-state index contributed by atoms with van der Waals surface area (Å²) in [6.07, 6.45) is 3.14. The Morgan fingerprint density at radius 2 is 1.77 bits per heavy atom. The second kappa shape index (κ2) is 7.38. The van der Waals surface area contributed by atoms with Crippen LogP contribution in [0.2, 0.25) is 0 Å². The van der Waals surface area contributed by atoms with E-state index in [2.05, 4.69) is 45.0 Å². The van der Waals surface area contributed by atoms with E-state index < -0.39 is 0 Å². The second-order valence-electron chi connectivity index (χ2n) is 7.38. The molecule has 1 aliphatic rings. The molecule has 0 unspecified atom stereocenters. The van der Waals surface area contributed by atoms with Gasteiger partial charge in [0.25, 0.3) is 0 Å². The van der Waals surface area contributed by atoms with Crippen LogP contribution in [0.3, 0.4) is 0 Å². The molecule has 3 nitrogen and oxygen atoms in total. The van der Waals surface area contributed by atoms with Crippen LogP contribution in [0.1, 0.15) is 52.5 Å². The third-order valence-corrected chi connectivity index (χ3v) is 3.98. The van der Waals surface area contributed by atoms with Gasteiger partial charge in [-0.3, -0.25) is 4.79 Å². The van der Waals surface area contributed by atoms with Crippen LogP contribution < -0.4 is 0 Å². The van der Waals surface area contributed by atoms with Crippen LogP contribution in [0.5, 0.6) is 0 Å². The van der Waals surface area contributed by atoms with Gasteiger partial charge in [-0.15, -0.1) is 0 Å². The molecule has 0 aliphatic carbocycles. The molecule has 0 aromatic heterocycles. The van der Waals surface area contributed by atoms with Gasteiger partial charge in [0.2, 0.25) is 0 Å². The minimum atomic E-state index is -0.244. The normalized spacial score (nSPS) is 25.9. The first kappa shape index (κ1) is 17.2. The molecular formula is C19H28O3. The Morgan fingerprint density at radius 1 is 1.14 bits per heavy atom. The van der Waals surface area contributed by atoms with Crippen molar-refractivity contribution in [1.29, 1.82) is 0 Å². The van der Waals surface area contributed by atoms with Gasteiger partial charge in [-0.2, -0.15) is 0 Å². The van der Waals surface area contributed by atoms with E-state index in [0.29, 0.717) is 6.42 Å². The molecule has 2 rings (SSSR count). The maximum Gasteiger partial charge on any atom is 0.163 e. The van der Waals surface area contributed by atoms with Gasteiger partial charge in [0.15, 0.2) is 6.29 Å².